The maximum atomic E-state index is 12.1. The number of rotatable bonds is 3. The monoisotopic (exact) mass is 403 g/mol. The Hall–Kier alpha value is -1.74. The van der Waals surface area contributed by atoms with Gasteiger partial charge in [-0.3, -0.25) is 14.9 Å². The number of pyridine rings is 1. The lowest BCUT2D eigenvalue weighted by molar-refractivity contribution is -0.385. The van der Waals surface area contributed by atoms with Crippen molar-refractivity contribution in [1.29, 1.82) is 0 Å². The molecular weight excluding hydrogens is 397 g/mol. The molecule has 0 atom stereocenters. The molecule has 0 aliphatic heterocycles. The van der Waals surface area contributed by atoms with Crippen LogP contribution in [0.25, 0.3) is 0 Å². The highest BCUT2D eigenvalue weighted by molar-refractivity contribution is 14.1. The van der Waals surface area contributed by atoms with E-state index in [0.717, 1.165) is 3.57 Å². The number of hydrogen-bond donors (Lipinski definition) is 1. The number of aromatic nitrogens is 1. The van der Waals surface area contributed by atoms with E-state index in [1.165, 1.54) is 18.2 Å². The predicted molar refractivity (Wildman–Crippen MR) is 83.0 cm³/mol. The molecule has 0 bridgehead atoms. The quantitative estimate of drug-likeness (QED) is 0.483. The Labute approximate surface area is 132 Å². The topological polar surface area (TPSA) is 85.1 Å². The highest BCUT2D eigenvalue weighted by Gasteiger charge is 2.23. The van der Waals surface area contributed by atoms with Gasteiger partial charge in [0, 0.05) is 15.8 Å². The summed E-state index contributed by atoms with van der Waals surface area (Å²) < 4.78 is 0.907. The van der Waals surface area contributed by atoms with Crippen LogP contribution in [-0.2, 0) is 0 Å². The van der Waals surface area contributed by atoms with Crippen LogP contribution in [0.15, 0.2) is 36.5 Å². The number of nitrogens with one attached hydrogen (secondary N) is 1. The zero-order valence-corrected chi connectivity index (χ0v) is 12.8. The van der Waals surface area contributed by atoms with Crippen LogP contribution < -0.4 is 5.32 Å². The molecule has 2 rings (SSSR count). The molecule has 20 heavy (non-hydrogen) atoms. The highest BCUT2D eigenvalue weighted by Crippen LogP contribution is 2.26. The maximum Gasteiger partial charge on any atom is 0.283 e. The summed E-state index contributed by atoms with van der Waals surface area (Å²) in [5, 5.41) is 13.4. The van der Waals surface area contributed by atoms with Crippen molar-refractivity contribution in [2.24, 2.45) is 0 Å². The van der Waals surface area contributed by atoms with Crippen LogP contribution in [-0.4, -0.2) is 15.8 Å². The van der Waals surface area contributed by atoms with Crippen molar-refractivity contribution in [2.75, 3.05) is 5.32 Å². The number of amides is 1. The van der Waals surface area contributed by atoms with E-state index in [0.29, 0.717) is 5.82 Å². The summed E-state index contributed by atoms with van der Waals surface area (Å²) in [6.45, 7) is 0. The lowest BCUT2D eigenvalue weighted by atomic mass is 10.1. The van der Waals surface area contributed by atoms with Crippen LogP contribution >= 0.6 is 34.2 Å². The first-order valence-electron chi connectivity index (χ1n) is 5.35. The Morgan fingerprint density at radius 2 is 2.10 bits per heavy atom. The first kappa shape index (κ1) is 14.7. The van der Waals surface area contributed by atoms with Crippen LogP contribution in [0.5, 0.6) is 0 Å². The fourth-order valence-electron chi connectivity index (χ4n) is 1.52. The van der Waals surface area contributed by atoms with E-state index in [-0.39, 0.29) is 16.3 Å². The normalized spacial score (nSPS) is 10.1. The van der Waals surface area contributed by atoms with Gasteiger partial charge < -0.3 is 5.32 Å². The van der Waals surface area contributed by atoms with Crippen molar-refractivity contribution in [3.8, 4) is 0 Å². The molecular formula is C12H7ClIN3O3. The maximum absolute atomic E-state index is 12.1. The number of nitrogens with zero attached hydrogens (tertiary/aromatic N) is 2. The van der Waals surface area contributed by atoms with E-state index in [9.17, 15) is 14.9 Å². The van der Waals surface area contributed by atoms with Gasteiger partial charge >= 0.3 is 0 Å². The van der Waals surface area contributed by atoms with Gasteiger partial charge in [-0.05, 0) is 40.8 Å². The summed E-state index contributed by atoms with van der Waals surface area (Å²) in [5.41, 5.74) is -0.528. The van der Waals surface area contributed by atoms with Gasteiger partial charge in [-0.15, -0.1) is 0 Å². The molecule has 102 valence electrons. The SMILES string of the molecule is O=C(Nc1ccc(I)cn1)c1c(Cl)cccc1[N+](=O)[O-]. The number of halogens is 2. The summed E-state index contributed by atoms with van der Waals surface area (Å²) >= 11 is 7.95. The summed E-state index contributed by atoms with van der Waals surface area (Å²) in [5.74, 6) is -0.374. The molecule has 0 spiro atoms. The van der Waals surface area contributed by atoms with Gasteiger partial charge in [0.2, 0.25) is 0 Å². The van der Waals surface area contributed by atoms with Crippen molar-refractivity contribution >= 4 is 51.6 Å². The fourth-order valence-corrected chi connectivity index (χ4v) is 2.09. The van der Waals surface area contributed by atoms with Crippen molar-refractivity contribution in [2.45, 2.75) is 0 Å². The Kier molecular flexibility index (Phi) is 4.50. The smallest absolute Gasteiger partial charge is 0.283 e. The number of anilines is 1. The van der Waals surface area contributed by atoms with Crippen LogP contribution in [0, 0.1) is 13.7 Å². The van der Waals surface area contributed by atoms with Gasteiger partial charge in [-0.1, -0.05) is 17.7 Å². The lowest BCUT2D eigenvalue weighted by Gasteiger charge is -2.06. The van der Waals surface area contributed by atoms with Gasteiger partial charge in [0.25, 0.3) is 11.6 Å². The van der Waals surface area contributed by atoms with Crippen molar-refractivity contribution in [3.05, 3.63) is 60.8 Å². The molecule has 0 fully saturated rings. The summed E-state index contributed by atoms with van der Waals surface area (Å²) in [4.78, 5) is 26.4. The van der Waals surface area contributed by atoms with Crippen LogP contribution in [0.1, 0.15) is 10.4 Å². The second kappa shape index (κ2) is 6.14. The molecule has 0 aliphatic rings. The first-order chi connectivity index (χ1) is 9.49. The zero-order valence-electron chi connectivity index (χ0n) is 9.84. The van der Waals surface area contributed by atoms with E-state index < -0.39 is 10.8 Å². The van der Waals surface area contributed by atoms with E-state index in [1.807, 2.05) is 0 Å². The second-order valence-electron chi connectivity index (χ2n) is 3.71. The number of nitro groups is 1. The van der Waals surface area contributed by atoms with Crippen LogP contribution in [0.4, 0.5) is 11.5 Å². The van der Waals surface area contributed by atoms with Gasteiger partial charge in [0.1, 0.15) is 11.4 Å². The Morgan fingerprint density at radius 1 is 1.35 bits per heavy atom. The van der Waals surface area contributed by atoms with Gasteiger partial charge in [-0.25, -0.2) is 4.98 Å². The molecule has 8 heteroatoms. The van der Waals surface area contributed by atoms with Crippen molar-refractivity contribution in [1.82, 2.24) is 4.98 Å². The number of hydrogen-bond acceptors (Lipinski definition) is 4. The molecule has 6 nitrogen and oxygen atoms in total. The highest BCUT2D eigenvalue weighted by atomic mass is 127. The minimum Gasteiger partial charge on any atom is -0.306 e. The molecule has 1 aromatic heterocycles. The number of nitro benzene ring substituents is 1. The molecule has 0 unspecified atom stereocenters. The van der Waals surface area contributed by atoms with Crippen LogP contribution in [0.3, 0.4) is 0 Å². The van der Waals surface area contributed by atoms with Gasteiger partial charge in [0.15, 0.2) is 0 Å². The molecule has 1 heterocycles. The van der Waals surface area contributed by atoms with Crippen molar-refractivity contribution < 1.29 is 9.72 Å². The number of carbonyl (C=O) groups is 1. The largest absolute Gasteiger partial charge is 0.306 e. The Morgan fingerprint density at radius 3 is 2.70 bits per heavy atom. The minimum absolute atomic E-state index is 0.0159. The zero-order chi connectivity index (χ0) is 14.7. The first-order valence-corrected chi connectivity index (χ1v) is 6.80. The molecule has 0 aliphatic carbocycles. The van der Waals surface area contributed by atoms with Crippen LogP contribution in [0.2, 0.25) is 5.02 Å². The Bertz CT molecular complexity index is 676. The summed E-state index contributed by atoms with van der Waals surface area (Å²) in [6, 6.07) is 7.42. The van der Waals surface area contributed by atoms with Crippen molar-refractivity contribution in [3.63, 3.8) is 0 Å². The molecule has 0 saturated carbocycles. The average molecular weight is 404 g/mol. The Balaban J connectivity index is 2.34. The minimum atomic E-state index is -0.670. The molecule has 1 N–H and O–H groups in total. The third kappa shape index (κ3) is 3.23. The third-order valence-corrected chi connectivity index (χ3v) is 3.34. The average Bonchev–Trinajstić information content (AvgIpc) is 2.40. The van der Waals surface area contributed by atoms with E-state index in [2.05, 4.69) is 32.9 Å². The molecule has 2 aromatic rings. The van der Waals surface area contributed by atoms with Gasteiger partial charge in [-0.2, -0.15) is 0 Å². The third-order valence-electron chi connectivity index (χ3n) is 2.38. The number of benzene rings is 1. The van der Waals surface area contributed by atoms with E-state index in [1.54, 1.807) is 18.3 Å². The molecule has 1 amide bonds. The molecule has 0 radical (unpaired) electrons. The lowest BCUT2D eigenvalue weighted by Crippen LogP contribution is -2.15. The summed E-state index contributed by atoms with van der Waals surface area (Å²) in [7, 11) is 0. The number of carbonyl (C=O) groups excluding carboxylic acids is 1. The fraction of sp³-hybridized carbons (Fsp3) is 0. The standard InChI is InChI=1S/C12H7ClIN3O3/c13-8-2-1-3-9(17(19)20)11(8)12(18)16-10-5-4-7(14)6-15-10/h1-6H,(H,15,16,18). The second-order valence-corrected chi connectivity index (χ2v) is 5.36. The summed E-state index contributed by atoms with van der Waals surface area (Å²) in [6.07, 6.45) is 1.57. The molecule has 1 aromatic carbocycles. The van der Waals surface area contributed by atoms with Gasteiger partial charge in [0.05, 0.1) is 9.95 Å². The van der Waals surface area contributed by atoms with E-state index >= 15 is 0 Å². The molecule has 0 saturated heterocycles. The van der Waals surface area contributed by atoms with E-state index in [4.69, 9.17) is 11.6 Å². The predicted octanol–water partition coefficient (Wildman–Crippen LogP) is 3.50.